The first-order valence-electron chi connectivity index (χ1n) is 8.81. The topological polar surface area (TPSA) is 23.5 Å². The van der Waals surface area contributed by atoms with Crippen LogP contribution in [0.15, 0.2) is 24.3 Å². The normalized spacial score (nSPS) is 23.2. The predicted octanol–water partition coefficient (Wildman–Crippen LogP) is 3.73. The van der Waals surface area contributed by atoms with Gasteiger partial charge in [-0.1, -0.05) is 43.5 Å². The van der Waals surface area contributed by atoms with E-state index in [-0.39, 0.29) is 0 Å². The lowest BCUT2D eigenvalue weighted by atomic mass is 9.82. The Morgan fingerprint density at radius 3 is 2.62 bits per heavy atom. The van der Waals surface area contributed by atoms with Crippen LogP contribution in [0.2, 0.25) is 0 Å². The van der Waals surface area contributed by atoms with Crippen molar-refractivity contribution in [2.75, 3.05) is 19.7 Å². The molecule has 0 saturated heterocycles. The summed E-state index contributed by atoms with van der Waals surface area (Å²) >= 11 is 0. The lowest BCUT2D eigenvalue weighted by molar-refractivity contribution is 0.114. The van der Waals surface area contributed by atoms with Gasteiger partial charge in [-0.2, -0.15) is 0 Å². The maximum absolute atomic E-state index is 9.45. The lowest BCUT2D eigenvalue weighted by Gasteiger charge is -2.38. The van der Waals surface area contributed by atoms with E-state index in [0.717, 1.165) is 13.1 Å². The number of aryl methyl sites for hydroxylation is 1. The molecule has 0 aliphatic heterocycles. The Balaban J connectivity index is 1.71. The minimum absolute atomic E-state index is 0.296. The highest BCUT2D eigenvalue weighted by molar-refractivity contribution is 5.32. The highest BCUT2D eigenvalue weighted by Gasteiger charge is 2.26. The van der Waals surface area contributed by atoms with Crippen molar-refractivity contribution in [2.24, 2.45) is 0 Å². The van der Waals surface area contributed by atoms with Gasteiger partial charge in [0.1, 0.15) is 0 Å². The third kappa shape index (κ3) is 3.67. The molecule has 0 bridgehead atoms. The molecule has 0 aromatic heterocycles. The second kappa shape index (κ2) is 7.42. The van der Waals surface area contributed by atoms with Crippen LogP contribution in [0, 0.1) is 0 Å². The highest BCUT2D eigenvalue weighted by atomic mass is 16.3. The summed E-state index contributed by atoms with van der Waals surface area (Å²) in [5.41, 5.74) is 3.13. The van der Waals surface area contributed by atoms with Crippen molar-refractivity contribution in [1.82, 2.24) is 4.90 Å². The van der Waals surface area contributed by atoms with Gasteiger partial charge in [-0.05, 0) is 49.1 Å². The summed E-state index contributed by atoms with van der Waals surface area (Å²) in [5, 5.41) is 9.45. The smallest absolute Gasteiger partial charge is 0.0558 e. The van der Waals surface area contributed by atoms with E-state index >= 15 is 0 Å². The summed E-state index contributed by atoms with van der Waals surface area (Å²) in [6.45, 7) is 2.29. The van der Waals surface area contributed by atoms with Gasteiger partial charge >= 0.3 is 0 Å². The van der Waals surface area contributed by atoms with Crippen LogP contribution in [0.5, 0.6) is 0 Å². The molecule has 1 saturated carbocycles. The van der Waals surface area contributed by atoms with Gasteiger partial charge in [0.05, 0.1) is 6.61 Å². The van der Waals surface area contributed by atoms with Crippen molar-refractivity contribution < 1.29 is 5.11 Å². The van der Waals surface area contributed by atoms with Crippen LogP contribution in [0.3, 0.4) is 0 Å². The van der Waals surface area contributed by atoms with Crippen molar-refractivity contribution in [3.05, 3.63) is 35.4 Å². The molecule has 0 spiro atoms. The first kappa shape index (κ1) is 15.1. The molecule has 2 aliphatic rings. The fourth-order valence-electron chi connectivity index (χ4n) is 4.32. The van der Waals surface area contributed by atoms with Crippen molar-refractivity contribution >= 4 is 0 Å². The van der Waals surface area contributed by atoms with Crippen molar-refractivity contribution in [2.45, 2.75) is 63.3 Å². The lowest BCUT2D eigenvalue weighted by Crippen LogP contribution is -2.41. The van der Waals surface area contributed by atoms with Gasteiger partial charge in [0, 0.05) is 19.1 Å². The number of aliphatic hydroxyl groups excluding tert-OH is 1. The summed E-state index contributed by atoms with van der Waals surface area (Å²) in [6, 6.07) is 9.71. The van der Waals surface area contributed by atoms with E-state index in [1.807, 2.05) is 0 Å². The van der Waals surface area contributed by atoms with Crippen LogP contribution < -0.4 is 0 Å². The van der Waals surface area contributed by atoms with Gasteiger partial charge < -0.3 is 5.11 Å². The Morgan fingerprint density at radius 2 is 1.81 bits per heavy atom. The first-order chi connectivity index (χ1) is 10.4. The minimum atomic E-state index is 0.296. The Labute approximate surface area is 129 Å². The number of aliphatic hydroxyl groups is 1. The van der Waals surface area contributed by atoms with E-state index in [4.69, 9.17) is 0 Å². The quantitative estimate of drug-likeness (QED) is 0.892. The first-order valence-corrected chi connectivity index (χ1v) is 8.81. The number of hydrogen-bond acceptors (Lipinski definition) is 2. The predicted molar refractivity (Wildman–Crippen MR) is 87.7 cm³/mol. The molecule has 1 N–H and O–H groups in total. The zero-order valence-corrected chi connectivity index (χ0v) is 13.1. The molecule has 0 radical (unpaired) electrons. The van der Waals surface area contributed by atoms with E-state index in [9.17, 15) is 5.11 Å². The fraction of sp³-hybridized carbons (Fsp3) is 0.684. The molecule has 2 aliphatic carbocycles. The second-order valence-corrected chi connectivity index (χ2v) is 6.80. The average Bonchev–Trinajstić information content (AvgIpc) is 2.55. The summed E-state index contributed by atoms with van der Waals surface area (Å²) in [7, 11) is 0. The van der Waals surface area contributed by atoms with Crippen LogP contribution >= 0.6 is 0 Å². The van der Waals surface area contributed by atoms with Crippen LogP contribution in [0.4, 0.5) is 0 Å². The fourth-order valence-corrected chi connectivity index (χ4v) is 4.32. The third-order valence-electron chi connectivity index (χ3n) is 5.43. The van der Waals surface area contributed by atoms with Crippen molar-refractivity contribution in [1.29, 1.82) is 0 Å². The molecule has 21 heavy (non-hydrogen) atoms. The molecule has 1 atom stereocenters. The Bertz CT molecular complexity index is 439. The Hall–Kier alpha value is -0.860. The van der Waals surface area contributed by atoms with E-state index in [1.165, 1.54) is 51.4 Å². The molecule has 3 rings (SSSR count). The number of rotatable bonds is 5. The van der Waals surface area contributed by atoms with Crippen molar-refractivity contribution in [3.63, 3.8) is 0 Å². The van der Waals surface area contributed by atoms with Crippen LogP contribution in [-0.4, -0.2) is 35.7 Å². The maximum atomic E-state index is 9.45. The van der Waals surface area contributed by atoms with Crippen LogP contribution in [-0.2, 0) is 6.42 Å². The number of hydrogen-bond donors (Lipinski definition) is 1. The number of benzene rings is 1. The van der Waals surface area contributed by atoms with E-state index in [2.05, 4.69) is 29.2 Å². The summed E-state index contributed by atoms with van der Waals surface area (Å²) in [6.07, 6.45) is 10.7. The Morgan fingerprint density at radius 1 is 1.00 bits per heavy atom. The van der Waals surface area contributed by atoms with Gasteiger partial charge in [-0.3, -0.25) is 4.90 Å². The molecule has 2 heteroatoms. The number of nitrogens with zero attached hydrogens (tertiary/aromatic N) is 1. The van der Waals surface area contributed by atoms with Gasteiger partial charge in [-0.15, -0.1) is 0 Å². The zero-order chi connectivity index (χ0) is 14.5. The van der Waals surface area contributed by atoms with Crippen LogP contribution in [0.25, 0.3) is 0 Å². The highest BCUT2D eigenvalue weighted by Crippen LogP contribution is 2.33. The molecule has 1 aromatic carbocycles. The van der Waals surface area contributed by atoms with Crippen molar-refractivity contribution in [3.8, 4) is 0 Å². The number of fused-ring (bicyclic) bond motifs is 1. The molecule has 2 nitrogen and oxygen atoms in total. The molecular weight excluding hydrogens is 258 g/mol. The van der Waals surface area contributed by atoms with Gasteiger partial charge in [0.2, 0.25) is 0 Å². The van der Waals surface area contributed by atoms with Gasteiger partial charge in [-0.25, -0.2) is 0 Å². The second-order valence-electron chi connectivity index (χ2n) is 6.80. The molecule has 116 valence electrons. The largest absolute Gasteiger partial charge is 0.395 e. The third-order valence-corrected chi connectivity index (χ3v) is 5.43. The Kier molecular flexibility index (Phi) is 5.32. The van der Waals surface area contributed by atoms with E-state index in [1.54, 1.807) is 11.1 Å². The standard InChI is InChI=1S/C19H29NO/c21-14-13-20(18-10-2-1-3-11-18)15-17-9-6-8-16-7-4-5-12-19(16)17/h4-5,7,12,17-18,21H,1-3,6,8-11,13-15H2. The monoisotopic (exact) mass is 287 g/mol. The maximum Gasteiger partial charge on any atom is 0.0558 e. The van der Waals surface area contributed by atoms with E-state index in [0.29, 0.717) is 18.6 Å². The van der Waals surface area contributed by atoms with Crippen LogP contribution in [0.1, 0.15) is 62.0 Å². The zero-order valence-electron chi connectivity index (χ0n) is 13.1. The minimum Gasteiger partial charge on any atom is -0.395 e. The van der Waals surface area contributed by atoms with Gasteiger partial charge in [0.15, 0.2) is 0 Å². The average molecular weight is 287 g/mol. The molecule has 1 unspecified atom stereocenters. The molecule has 1 fully saturated rings. The molecular formula is C19H29NO. The molecule has 0 amide bonds. The SMILES string of the molecule is OCCN(CC1CCCc2ccccc21)C1CCCCC1. The molecule has 0 heterocycles. The van der Waals surface area contributed by atoms with E-state index < -0.39 is 0 Å². The molecule has 1 aromatic rings. The summed E-state index contributed by atoms with van der Waals surface area (Å²) in [5.74, 6) is 0.670. The summed E-state index contributed by atoms with van der Waals surface area (Å²) < 4.78 is 0. The van der Waals surface area contributed by atoms with Gasteiger partial charge in [0.25, 0.3) is 0 Å². The summed E-state index contributed by atoms with van der Waals surface area (Å²) in [4.78, 5) is 2.59.